The monoisotopic (exact) mass is 541 g/mol. The first-order chi connectivity index (χ1) is 18.6. The van der Waals surface area contributed by atoms with Crippen molar-refractivity contribution in [1.82, 2.24) is 24.6 Å². The number of aliphatic carboxylic acids is 1. The number of aryl methyl sites for hydroxylation is 3. The van der Waals surface area contributed by atoms with Crippen molar-refractivity contribution in [2.75, 3.05) is 19.0 Å². The van der Waals surface area contributed by atoms with Crippen LogP contribution >= 0.6 is 0 Å². The van der Waals surface area contributed by atoms with Gasteiger partial charge in [-0.2, -0.15) is 5.10 Å². The number of hydrogen-bond donors (Lipinski definition) is 4. The summed E-state index contributed by atoms with van der Waals surface area (Å²) in [5.74, 6) is -1.89. The van der Waals surface area contributed by atoms with E-state index in [0.29, 0.717) is 54.0 Å². The highest BCUT2D eigenvalue weighted by atomic mass is 16.6. The molecule has 0 aliphatic heterocycles. The molecule has 1 saturated carbocycles. The van der Waals surface area contributed by atoms with Crippen molar-refractivity contribution in [3.63, 3.8) is 0 Å². The van der Waals surface area contributed by atoms with Gasteiger partial charge in [-0.3, -0.25) is 19.6 Å². The third kappa shape index (κ3) is 6.10. The second-order valence-corrected chi connectivity index (χ2v) is 9.22. The number of nitrogens with one attached hydrogen (secondary N) is 2. The maximum absolute atomic E-state index is 13.2. The molecule has 1 aliphatic rings. The lowest BCUT2D eigenvalue weighted by Crippen LogP contribution is -2.35. The highest BCUT2D eigenvalue weighted by molar-refractivity contribution is 6.04. The first-order valence-corrected chi connectivity index (χ1v) is 12.5. The smallest absolute Gasteiger partial charge is 0.407 e. The molecule has 39 heavy (non-hydrogen) atoms. The number of nitrogens with zero attached hydrogens (tertiary/aromatic N) is 4. The Morgan fingerprint density at radius 3 is 2.59 bits per heavy atom. The van der Waals surface area contributed by atoms with Crippen molar-refractivity contribution in [3.05, 3.63) is 35.2 Å². The van der Waals surface area contributed by atoms with Crippen LogP contribution in [0.1, 0.15) is 52.7 Å². The second-order valence-electron chi connectivity index (χ2n) is 9.22. The summed E-state index contributed by atoms with van der Waals surface area (Å²) in [6.07, 6.45) is -0.176. The van der Waals surface area contributed by atoms with Crippen molar-refractivity contribution in [1.29, 1.82) is 0 Å². The number of carbonyl (C=O) groups excluding carboxylic acids is 3. The lowest BCUT2D eigenvalue weighted by Gasteiger charge is -2.15. The molecular weight excluding hydrogens is 510 g/mol. The molecule has 208 valence electrons. The number of carboxylic acid groups (broad SMARTS) is 1. The largest absolute Gasteiger partial charge is 0.494 e. The summed E-state index contributed by atoms with van der Waals surface area (Å²) < 4.78 is 13.8. The van der Waals surface area contributed by atoms with Gasteiger partial charge in [0, 0.05) is 31.1 Å². The van der Waals surface area contributed by atoms with Gasteiger partial charge >= 0.3 is 12.1 Å². The van der Waals surface area contributed by atoms with E-state index in [2.05, 4.69) is 20.7 Å². The van der Waals surface area contributed by atoms with Crippen LogP contribution in [-0.2, 0) is 22.6 Å². The van der Waals surface area contributed by atoms with Gasteiger partial charge in [0.25, 0.3) is 5.91 Å². The Bertz CT molecular complexity index is 1420. The summed E-state index contributed by atoms with van der Waals surface area (Å²) in [5.41, 5.74) is 7.59. The van der Waals surface area contributed by atoms with E-state index in [9.17, 15) is 24.3 Å². The van der Waals surface area contributed by atoms with Gasteiger partial charge < -0.3 is 30.2 Å². The van der Waals surface area contributed by atoms with Crippen LogP contribution in [0.5, 0.6) is 5.75 Å². The molecule has 1 fully saturated rings. The van der Waals surface area contributed by atoms with Gasteiger partial charge in [-0.05, 0) is 51.3 Å². The fourth-order valence-electron chi connectivity index (χ4n) is 4.31. The molecule has 0 radical (unpaired) electrons. The number of fused-ring (bicyclic) bond motifs is 1. The van der Waals surface area contributed by atoms with Crippen molar-refractivity contribution in [2.24, 2.45) is 11.7 Å². The zero-order valence-corrected chi connectivity index (χ0v) is 21.9. The number of amides is 3. The third-order valence-electron chi connectivity index (χ3n) is 6.33. The molecule has 0 spiro atoms. The number of ether oxygens (including phenoxy) is 2. The fourth-order valence-corrected chi connectivity index (χ4v) is 4.31. The molecule has 2 aromatic heterocycles. The maximum atomic E-state index is 13.2. The molecule has 1 atom stereocenters. The molecule has 0 saturated heterocycles. The van der Waals surface area contributed by atoms with Crippen LogP contribution < -0.4 is 21.1 Å². The van der Waals surface area contributed by atoms with Gasteiger partial charge in [-0.1, -0.05) is 0 Å². The summed E-state index contributed by atoms with van der Waals surface area (Å²) in [6.45, 7) is 4.59. The Labute approximate surface area is 223 Å². The number of hydrogen-bond acceptors (Lipinski definition) is 8. The Hall–Kier alpha value is -4.62. The number of anilines is 1. The molecule has 3 amide bonds. The predicted molar refractivity (Wildman–Crippen MR) is 139 cm³/mol. The molecule has 1 unspecified atom stereocenters. The molecule has 5 N–H and O–H groups in total. The van der Waals surface area contributed by atoms with Crippen LogP contribution in [0.2, 0.25) is 0 Å². The van der Waals surface area contributed by atoms with Crippen LogP contribution in [0.15, 0.2) is 18.2 Å². The molecule has 1 aliphatic carbocycles. The zero-order valence-electron chi connectivity index (χ0n) is 21.9. The number of carboxylic acids is 1. The van der Waals surface area contributed by atoms with E-state index in [-0.39, 0.29) is 30.5 Å². The summed E-state index contributed by atoms with van der Waals surface area (Å²) in [5, 5.41) is 18.9. The van der Waals surface area contributed by atoms with E-state index in [1.807, 2.05) is 6.92 Å². The van der Waals surface area contributed by atoms with Crippen molar-refractivity contribution >= 4 is 40.9 Å². The number of alkyl carbamates (subject to hydrolysis) is 1. The Morgan fingerprint density at radius 2 is 1.97 bits per heavy atom. The summed E-state index contributed by atoms with van der Waals surface area (Å²) >= 11 is 0. The number of aromatic nitrogens is 4. The van der Waals surface area contributed by atoms with E-state index in [4.69, 9.17) is 15.2 Å². The van der Waals surface area contributed by atoms with Gasteiger partial charge in [0.15, 0.2) is 0 Å². The van der Waals surface area contributed by atoms with E-state index in [0.717, 1.165) is 0 Å². The van der Waals surface area contributed by atoms with Gasteiger partial charge in [0.05, 0.1) is 18.3 Å². The SMILES string of the molecule is CCn1nc(C)cc1C(=O)Nc1nc2cc(C(N)=O)cc(OC)c2n1CCCNC(=O)OC(C(=O)O)C1CC1. The molecule has 2 heterocycles. The zero-order chi connectivity index (χ0) is 28.3. The number of carbonyl (C=O) groups is 4. The van der Waals surface area contributed by atoms with E-state index < -0.39 is 30.0 Å². The first-order valence-electron chi connectivity index (χ1n) is 12.5. The van der Waals surface area contributed by atoms with Crippen LogP contribution in [0, 0.1) is 12.8 Å². The molecule has 14 heteroatoms. The molecule has 0 bridgehead atoms. The van der Waals surface area contributed by atoms with Crippen molar-refractivity contribution in [3.8, 4) is 5.75 Å². The standard InChI is InChI=1S/C25H31N7O7/c1-4-32-17(10-13(2)30-32)22(34)29-24-28-16-11-15(21(26)33)12-18(38-3)19(16)31(24)9-5-8-27-25(37)39-20(23(35)36)14-6-7-14/h10-12,14,20H,4-9H2,1-3H3,(H2,26,33)(H,27,37)(H,35,36)(H,28,29,34). The number of primary amides is 1. The molecule has 3 aromatic rings. The molecule has 14 nitrogen and oxygen atoms in total. The average Bonchev–Trinajstić information content (AvgIpc) is 3.57. The van der Waals surface area contributed by atoms with E-state index >= 15 is 0 Å². The van der Waals surface area contributed by atoms with Crippen molar-refractivity contribution in [2.45, 2.75) is 52.3 Å². The van der Waals surface area contributed by atoms with Gasteiger partial charge in [0.1, 0.15) is 17.0 Å². The summed E-state index contributed by atoms with van der Waals surface area (Å²) in [4.78, 5) is 53.0. The van der Waals surface area contributed by atoms with E-state index in [1.165, 1.54) is 19.2 Å². The quantitative estimate of drug-likeness (QED) is 0.248. The average molecular weight is 542 g/mol. The minimum absolute atomic E-state index is 0.151. The Morgan fingerprint density at radius 1 is 1.23 bits per heavy atom. The van der Waals surface area contributed by atoms with Gasteiger partial charge in [0.2, 0.25) is 18.0 Å². The highest BCUT2D eigenvalue weighted by Crippen LogP contribution is 2.34. The lowest BCUT2D eigenvalue weighted by atomic mass is 10.1. The van der Waals surface area contributed by atoms with Crippen LogP contribution in [0.25, 0.3) is 11.0 Å². The van der Waals surface area contributed by atoms with Gasteiger partial charge in [-0.15, -0.1) is 0 Å². The first kappa shape index (κ1) is 27.4. The van der Waals surface area contributed by atoms with Gasteiger partial charge in [-0.25, -0.2) is 14.6 Å². The predicted octanol–water partition coefficient (Wildman–Crippen LogP) is 1.90. The van der Waals surface area contributed by atoms with Crippen LogP contribution in [0.3, 0.4) is 0 Å². The second kappa shape index (κ2) is 11.4. The normalized spacial score (nSPS) is 13.6. The Kier molecular flexibility index (Phi) is 8.02. The molecule has 4 rings (SSSR count). The topological polar surface area (TPSA) is 193 Å². The highest BCUT2D eigenvalue weighted by Gasteiger charge is 2.39. The van der Waals surface area contributed by atoms with Crippen LogP contribution in [0.4, 0.5) is 10.7 Å². The maximum Gasteiger partial charge on any atom is 0.407 e. The number of methoxy groups -OCH3 is 1. The van der Waals surface area contributed by atoms with E-state index in [1.54, 1.807) is 22.2 Å². The van der Waals surface area contributed by atoms with Crippen molar-refractivity contribution < 1.29 is 33.8 Å². The number of imidazole rings is 1. The molecular formula is C25H31N7O7. The van der Waals surface area contributed by atoms with Crippen LogP contribution in [-0.4, -0.2) is 68.1 Å². The summed E-state index contributed by atoms with van der Waals surface area (Å²) in [6, 6.07) is 4.66. The molecule has 1 aromatic carbocycles. The number of rotatable bonds is 12. The minimum Gasteiger partial charge on any atom is -0.494 e. The number of benzene rings is 1. The lowest BCUT2D eigenvalue weighted by molar-refractivity contribution is -0.147. The number of nitrogens with two attached hydrogens (primary N) is 1. The third-order valence-corrected chi connectivity index (χ3v) is 6.33. The Balaban J connectivity index is 1.56. The summed E-state index contributed by atoms with van der Waals surface area (Å²) in [7, 11) is 1.44. The fraction of sp³-hybridized carbons (Fsp3) is 0.440. The minimum atomic E-state index is -1.17.